The molecule has 0 bridgehead atoms. The lowest BCUT2D eigenvalue weighted by Crippen LogP contribution is -2.66. The summed E-state index contributed by atoms with van der Waals surface area (Å²) in [7, 11) is 0. The molecule has 7 aliphatic heterocycles. The molecule has 6 fully saturated rings. The van der Waals surface area contributed by atoms with Crippen molar-refractivity contribution < 1.29 is 32.8 Å². The van der Waals surface area contributed by atoms with Gasteiger partial charge >= 0.3 is 0 Å². The van der Waals surface area contributed by atoms with Crippen molar-refractivity contribution in [2.45, 2.75) is 83.3 Å². The highest BCUT2D eigenvalue weighted by molar-refractivity contribution is 6.25. The van der Waals surface area contributed by atoms with Gasteiger partial charge < -0.3 is 30.2 Å². The van der Waals surface area contributed by atoms with Gasteiger partial charge in [-0.2, -0.15) is 0 Å². The number of nitrogens with zero attached hydrogens (tertiary/aromatic N) is 8. The molecule has 18 heteroatoms. The zero-order valence-electron chi connectivity index (χ0n) is 37.8. The van der Waals surface area contributed by atoms with Crippen LogP contribution in [-0.4, -0.2) is 144 Å². The van der Waals surface area contributed by atoms with E-state index in [0.717, 1.165) is 88.0 Å². The molecule has 0 radical (unpaired) electrons. The molecule has 5 amide bonds. The Bertz CT molecular complexity index is 2450. The molecular weight excluding hydrogens is 849 g/mol. The highest BCUT2D eigenvalue weighted by Gasteiger charge is 2.47. The maximum Gasteiger partial charge on any atom is 0.264 e. The third kappa shape index (κ3) is 8.57. The standard InChI is InChI=1S/C48H59F2N11O5/c1-46(2)8-15-56(16-9-46)25-31-22-34(50)37(23-33(31)49)60-26-41(63)55-48(29-60)12-19-58(20-13-48)38-24-39(53-30-52-38)59-18-11-47(28-59)10-17-57(27-47)21-14-51-35-5-3-4-32-42(35)45(66)61(44(32)65)36-6-7-40(62)54-43(36)64/h3-5,22-24,30,36,51H,6-21,25-29H2,1-2H3,(H,55,63)(H,54,62,64)/t36?,47-/m1/s1. The fourth-order valence-corrected chi connectivity index (χ4v) is 11.5. The zero-order valence-corrected chi connectivity index (χ0v) is 37.8. The number of aromatic nitrogens is 2. The number of piperidine rings is 3. The fourth-order valence-electron chi connectivity index (χ4n) is 11.5. The minimum atomic E-state index is -1.01. The number of likely N-dealkylation sites (tertiary alicyclic amines) is 2. The molecule has 1 unspecified atom stereocenters. The molecule has 1 aromatic heterocycles. The number of hydrogen-bond acceptors (Lipinski definition) is 13. The second kappa shape index (κ2) is 17.2. The Morgan fingerprint density at radius 3 is 2.26 bits per heavy atom. The number of rotatable bonds is 10. The van der Waals surface area contributed by atoms with Crippen molar-refractivity contribution in [3.63, 3.8) is 0 Å². The summed E-state index contributed by atoms with van der Waals surface area (Å²) in [6.07, 6.45) is 7.16. The number of benzene rings is 2. The lowest BCUT2D eigenvalue weighted by molar-refractivity contribution is -0.136. The predicted octanol–water partition coefficient (Wildman–Crippen LogP) is 3.77. The number of fused-ring (bicyclic) bond motifs is 1. The molecule has 2 aromatic carbocycles. The van der Waals surface area contributed by atoms with Crippen LogP contribution in [-0.2, 0) is 20.9 Å². The molecule has 3 aromatic rings. The first-order chi connectivity index (χ1) is 31.7. The zero-order chi connectivity index (χ0) is 46.0. The van der Waals surface area contributed by atoms with Crippen LogP contribution in [0.15, 0.2) is 42.7 Å². The van der Waals surface area contributed by atoms with Gasteiger partial charge in [0.25, 0.3) is 11.8 Å². The summed E-state index contributed by atoms with van der Waals surface area (Å²) in [4.78, 5) is 85.5. The summed E-state index contributed by atoms with van der Waals surface area (Å²) in [6.45, 7) is 13.1. The minimum Gasteiger partial charge on any atom is -0.383 e. The van der Waals surface area contributed by atoms with Crippen LogP contribution in [0.2, 0.25) is 0 Å². The molecule has 6 saturated heterocycles. The van der Waals surface area contributed by atoms with Gasteiger partial charge in [-0.25, -0.2) is 18.7 Å². The summed E-state index contributed by atoms with van der Waals surface area (Å²) >= 11 is 0. The van der Waals surface area contributed by atoms with Gasteiger partial charge in [-0.05, 0) is 88.2 Å². The van der Waals surface area contributed by atoms with Crippen LogP contribution in [0.1, 0.15) is 91.5 Å². The van der Waals surface area contributed by atoms with Crippen LogP contribution in [0.4, 0.5) is 31.8 Å². The topological polar surface area (TPSA) is 167 Å². The number of carbonyl (C=O) groups excluding carboxylic acids is 5. The van der Waals surface area contributed by atoms with Crippen molar-refractivity contribution in [3.05, 3.63) is 71.1 Å². The van der Waals surface area contributed by atoms with E-state index in [-0.39, 0.29) is 52.9 Å². The maximum absolute atomic E-state index is 15.8. The van der Waals surface area contributed by atoms with Crippen molar-refractivity contribution in [1.29, 1.82) is 0 Å². The van der Waals surface area contributed by atoms with Gasteiger partial charge in [0.05, 0.1) is 28.9 Å². The molecule has 2 atom stereocenters. The molecule has 16 nitrogen and oxygen atoms in total. The first kappa shape index (κ1) is 44.1. The number of halogens is 2. The van der Waals surface area contributed by atoms with E-state index in [1.165, 1.54) is 12.1 Å². The highest BCUT2D eigenvalue weighted by Crippen LogP contribution is 2.42. The van der Waals surface area contributed by atoms with Gasteiger partial charge in [-0.1, -0.05) is 19.9 Å². The van der Waals surface area contributed by atoms with E-state index in [4.69, 9.17) is 4.98 Å². The Labute approximate surface area is 383 Å². The third-order valence-electron chi connectivity index (χ3n) is 15.5. The number of amides is 5. The number of hydrogen-bond donors (Lipinski definition) is 3. The second-order valence-electron chi connectivity index (χ2n) is 20.5. The number of carbonyl (C=O) groups is 5. The third-order valence-corrected chi connectivity index (χ3v) is 15.5. The Morgan fingerprint density at radius 1 is 0.758 bits per heavy atom. The van der Waals surface area contributed by atoms with E-state index in [2.05, 4.69) is 60.4 Å². The van der Waals surface area contributed by atoms with Crippen molar-refractivity contribution in [2.75, 3.05) is 98.6 Å². The molecule has 3 N–H and O–H groups in total. The molecule has 66 heavy (non-hydrogen) atoms. The minimum absolute atomic E-state index is 0.0289. The van der Waals surface area contributed by atoms with Gasteiger partial charge in [-0.15, -0.1) is 0 Å². The first-order valence-electron chi connectivity index (χ1n) is 23.6. The van der Waals surface area contributed by atoms with E-state index in [9.17, 15) is 24.0 Å². The first-order valence-corrected chi connectivity index (χ1v) is 23.6. The van der Waals surface area contributed by atoms with Crippen LogP contribution in [0.25, 0.3) is 0 Å². The van der Waals surface area contributed by atoms with E-state index in [0.29, 0.717) is 56.8 Å². The van der Waals surface area contributed by atoms with Crippen molar-refractivity contribution in [2.24, 2.45) is 10.8 Å². The molecule has 8 heterocycles. The number of imide groups is 2. The maximum atomic E-state index is 15.8. The van der Waals surface area contributed by atoms with Crippen LogP contribution in [0, 0.1) is 22.5 Å². The van der Waals surface area contributed by atoms with E-state index >= 15 is 8.78 Å². The molecule has 0 aliphatic carbocycles. The van der Waals surface area contributed by atoms with E-state index in [1.54, 1.807) is 29.4 Å². The molecule has 0 saturated carbocycles. The molecule has 10 rings (SSSR count). The Morgan fingerprint density at radius 2 is 1.48 bits per heavy atom. The van der Waals surface area contributed by atoms with Gasteiger partial charge in [0.2, 0.25) is 17.7 Å². The van der Waals surface area contributed by atoms with E-state index < -0.39 is 46.8 Å². The van der Waals surface area contributed by atoms with Crippen LogP contribution in [0.5, 0.6) is 0 Å². The molecule has 2 spiro atoms. The summed E-state index contributed by atoms with van der Waals surface area (Å²) < 4.78 is 31.3. The van der Waals surface area contributed by atoms with Gasteiger partial charge in [-0.3, -0.25) is 39.1 Å². The summed E-state index contributed by atoms with van der Waals surface area (Å²) in [5.74, 6) is -1.53. The smallest absolute Gasteiger partial charge is 0.264 e. The molecule has 7 aliphatic rings. The van der Waals surface area contributed by atoms with Crippen LogP contribution < -0.4 is 30.7 Å². The second-order valence-corrected chi connectivity index (χ2v) is 20.5. The Kier molecular flexibility index (Phi) is 11.5. The molecular formula is C48H59F2N11O5. The number of piperazine rings is 1. The Hall–Kier alpha value is -5.75. The highest BCUT2D eigenvalue weighted by atomic mass is 19.1. The van der Waals surface area contributed by atoms with Crippen molar-refractivity contribution in [1.82, 2.24) is 35.3 Å². The largest absolute Gasteiger partial charge is 0.383 e. The van der Waals surface area contributed by atoms with Crippen molar-refractivity contribution >= 4 is 52.5 Å². The monoisotopic (exact) mass is 907 g/mol. The summed E-state index contributed by atoms with van der Waals surface area (Å²) in [5.41, 5.74) is 1.34. The van der Waals surface area contributed by atoms with Crippen LogP contribution >= 0.6 is 0 Å². The Balaban J connectivity index is 0.717. The average Bonchev–Trinajstić information content (AvgIpc) is 3.97. The lowest BCUT2D eigenvalue weighted by atomic mass is 9.82. The predicted molar refractivity (Wildman–Crippen MR) is 243 cm³/mol. The van der Waals surface area contributed by atoms with Gasteiger partial charge in [0.1, 0.15) is 35.6 Å². The van der Waals surface area contributed by atoms with E-state index in [1.807, 2.05) is 0 Å². The normalized spacial score (nSPS) is 25.6. The lowest BCUT2D eigenvalue weighted by Gasteiger charge is -2.48. The van der Waals surface area contributed by atoms with Gasteiger partial charge in [0, 0.05) is 94.1 Å². The number of anilines is 4. The fraction of sp³-hybridized carbons (Fsp3) is 0.562. The average molecular weight is 908 g/mol. The number of nitrogens with one attached hydrogen (secondary N) is 3. The van der Waals surface area contributed by atoms with Crippen molar-refractivity contribution in [3.8, 4) is 0 Å². The summed E-state index contributed by atoms with van der Waals surface area (Å²) in [5, 5.41) is 8.85. The molecule has 350 valence electrons. The van der Waals surface area contributed by atoms with Gasteiger partial charge in [0.15, 0.2) is 0 Å². The SMILES string of the molecule is CC1(C)CCN(Cc2cc(F)c(N3CC(=O)NC4(CCN(c5cc(N6CC[C@@]7(CCN(CCNc8cccc9c8C(=O)N(C8CCC(=O)NC8=O)C9=O)C7)C6)ncn5)CC4)C3)cc2F)CC1. The quantitative estimate of drug-likeness (QED) is 0.252. The summed E-state index contributed by atoms with van der Waals surface area (Å²) in [6, 6.07) is 8.74. The van der Waals surface area contributed by atoms with Crippen LogP contribution in [0.3, 0.4) is 0 Å².